The molecule has 0 aliphatic carbocycles. The van der Waals surface area contributed by atoms with Gasteiger partial charge in [-0.1, -0.05) is 30.4 Å². The lowest BCUT2D eigenvalue weighted by atomic mass is 10.1. The van der Waals surface area contributed by atoms with Crippen molar-refractivity contribution in [3.8, 4) is 0 Å². The molecular weight excluding hydrogens is 204 g/mol. The van der Waals surface area contributed by atoms with E-state index in [1.807, 2.05) is 36.4 Å². The maximum atomic E-state index is 4.69. The molecule has 0 N–H and O–H groups in total. The molecule has 0 saturated carbocycles. The maximum Gasteiger partial charge on any atom is 0.150 e. The third kappa shape index (κ3) is 1.52. The van der Waals surface area contributed by atoms with Crippen LogP contribution in [0.1, 0.15) is 17.3 Å². The first-order chi connectivity index (χ1) is 7.93. The quantitative estimate of drug-likeness (QED) is 0.730. The molecule has 16 heavy (non-hydrogen) atoms. The Labute approximate surface area is 91.5 Å². The second-order valence-electron chi connectivity index (χ2n) is 3.41. The van der Waals surface area contributed by atoms with Crippen LogP contribution in [0.15, 0.2) is 51.4 Å². The highest BCUT2D eigenvalue weighted by molar-refractivity contribution is 5.64. The first kappa shape index (κ1) is 8.96. The van der Waals surface area contributed by atoms with E-state index in [4.69, 9.17) is 0 Å². The van der Waals surface area contributed by atoms with E-state index in [0.717, 1.165) is 11.3 Å². The largest absolute Gasteiger partial charge is 0.345 e. The van der Waals surface area contributed by atoms with Crippen LogP contribution in [0.4, 0.5) is 5.69 Å². The lowest BCUT2D eigenvalue weighted by Gasteiger charge is -1.96. The van der Waals surface area contributed by atoms with Crippen molar-refractivity contribution in [1.82, 2.24) is 10.4 Å². The molecule has 5 heteroatoms. The molecule has 0 saturated heterocycles. The highest BCUT2D eigenvalue weighted by atomic mass is 16.5. The molecule has 2 aromatic rings. The van der Waals surface area contributed by atoms with Crippen LogP contribution >= 0.6 is 0 Å². The van der Waals surface area contributed by atoms with Gasteiger partial charge in [-0.3, -0.25) is 0 Å². The minimum atomic E-state index is -0.223. The molecule has 0 fully saturated rings. The van der Waals surface area contributed by atoms with Crippen molar-refractivity contribution in [3.63, 3.8) is 0 Å². The number of nitrogens with zero attached hydrogens (tertiary/aromatic N) is 4. The summed E-state index contributed by atoms with van der Waals surface area (Å²) in [5.41, 5.74) is 2.57. The summed E-state index contributed by atoms with van der Waals surface area (Å²) in [6, 6.07) is 7.60. The SMILES string of the molecule is C1=CC(c2conn2)N=Nc2ccccc21. The molecule has 1 aromatic carbocycles. The van der Waals surface area contributed by atoms with E-state index in [1.54, 1.807) is 0 Å². The predicted molar refractivity (Wildman–Crippen MR) is 57.0 cm³/mol. The predicted octanol–water partition coefficient (Wildman–Crippen LogP) is 2.92. The van der Waals surface area contributed by atoms with Crippen LogP contribution in [-0.2, 0) is 0 Å². The molecule has 0 radical (unpaired) electrons. The molecule has 0 spiro atoms. The molecule has 78 valence electrons. The number of fused-ring (bicyclic) bond motifs is 1. The minimum Gasteiger partial charge on any atom is -0.345 e. The van der Waals surface area contributed by atoms with E-state index in [1.165, 1.54) is 6.26 Å². The average molecular weight is 212 g/mol. The second kappa shape index (κ2) is 3.69. The van der Waals surface area contributed by atoms with Crippen molar-refractivity contribution < 1.29 is 4.52 Å². The molecule has 0 amide bonds. The lowest BCUT2D eigenvalue weighted by molar-refractivity contribution is 0.392. The second-order valence-corrected chi connectivity index (χ2v) is 3.41. The highest BCUT2D eigenvalue weighted by Crippen LogP contribution is 2.28. The van der Waals surface area contributed by atoms with E-state index in [0.29, 0.717) is 5.69 Å². The van der Waals surface area contributed by atoms with Crippen LogP contribution in [0.25, 0.3) is 6.08 Å². The maximum absolute atomic E-state index is 4.69. The molecule has 5 nitrogen and oxygen atoms in total. The summed E-state index contributed by atoms with van der Waals surface area (Å²) in [4.78, 5) is 0. The fourth-order valence-corrected chi connectivity index (χ4v) is 1.54. The number of hydrogen-bond acceptors (Lipinski definition) is 5. The van der Waals surface area contributed by atoms with Gasteiger partial charge in [0.05, 0.1) is 5.69 Å². The number of aromatic nitrogens is 2. The topological polar surface area (TPSA) is 63.6 Å². The van der Waals surface area contributed by atoms with Crippen molar-refractivity contribution >= 4 is 11.8 Å². The van der Waals surface area contributed by atoms with E-state index >= 15 is 0 Å². The number of hydrogen-bond donors (Lipinski definition) is 0. The van der Waals surface area contributed by atoms with Crippen LogP contribution in [0.5, 0.6) is 0 Å². The van der Waals surface area contributed by atoms with Crippen molar-refractivity contribution in [2.45, 2.75) is 6.04 Å². The van der Waals surface area contributed by atoms with E-state index in [-0.39, 0.29) is 6.04 Å². The highest BCUT2D eigenvalue weighted by Gasteiger charge is 2.13. The third-order valence-corrected chi connectivity index (χ3v) is 2.36. The summed E-state index contributed by atoms with van der Waals surface area (Å²) in [6.07, 6.45) is 5.38. The van der Waals surface area contributed by atoms with Crippen LogP contribution in [-0.4, -0.2) is 10.4 Å². The standard InChI is InChI=1S/C11H8N4O/c1-2-4-9-8(3-1)5-6-10(13-12-9)11-7-16-15-14-11/h1-7,10H. The molecule has 1 aliphatic heterocycles. The zero-order valence-electron chi connectivity index (χ0n) is 8.32. The summed E-state index contributed by atoms with van der Waals surface area (Å²) < 4.78 is 4.69. The Morgan fingerprint density at radius 2 is 2.12 bits per heavy atom. The van der Waals surface area contributed by atoms with Gasteiger partial charge in [0, 0.05) is 10.8 Å². The van der Waals surface area contributed by atoms with Crippen molar-refractivity contribution in [3.05, 3.63) is 47.9 Å². The molecule has 1 atom stereocenters. The van der Waals surface area contributed by atoms with Crippen LogP contribution in [0, 0.1) is 0 Å². The zero-order chi connectivity index (χ0) is 10.8. The Morgan fingerprint density at radius 3 is 3.00 bits per heavy atom. The zero-order valence-corrected chi connectivity index (χ0v) is 8.32. The fourth-order valence-electron chi connectivity index (χ4n) is 1.54. The van der Waals surface area contributed by atoms with Gasteiger partial charge in [-0.15, -0.1) is 5.10 Å². The van der Waals surface area contributed by atoms with Gasteiger partial charge < -0.3 is 4.52 Å². The summed E-state index contributed by atoms with van der Waals surface area (Å²) in [5, 5.41) is 15.6. The van der Waals surface area contributed by atoms with Crippen molar-refractivity contribution in [2.24, 2.45) is 10.2 Å². The Balaban J connectivity index is 2.01. The monoisotopic (exact) mass is 212 g/mol. The van der Waals surface area contributed by atoms with Gasteiger partial charge in [0.1, 0.15) is 18.0 Å². The molecule has 1 aromatic heterocycles. The first-order valence-electron chi connectivity index (χ1n) is 4.88. The molecule has 2 heterocycles. The lowest BCUT2D eigenvalue weighted by Crippen LogP contribution is -1.89. The third-order valence-electron chi connectivity index (χ3n) is 2.36. The van der Waals surface area contributed by atoms with Crippen molar-refractivity contribution in [1.29, 1.82) is 0 Å². The van der Waals surface area contributed by atoms with Gasteiger partial charge >= 0.3 is 0 Å². The van der Waals surface area contributed by atoms with Gasteiger partial charge in [-0.2, -0.15) is 10.2 Å². The van der Waals surface area contributed by atoms with Crippen LogP contribution < -0.4 is 0 Å². The number of benzene rings is 1. The van der Waals surface area contributed by atoms with Crippen molar-refractivity contribution in [2.75, 3.05) is 0 Å². The minimum absolute atomic E-state index is 0.223. The van der Waals surface area contributed by atoms with E-state index < -0.39 is 0 Å². The molecule has 1 aliphatic rings. The smallest absolute Gasteiger partial charge is 0.150 e. The average Bonchev–Trinajstić information content (AvgIpc) is 2.76. The van der Waals surface area contributed by atoms with E-state index in [2.05, 4.69) is 25.1 Å². The van der Waals surface area contributed by atoms with Gasteiger partial charge in [0.2, 0.25) is 0 Å². The summed E-state index contributed by atoms with van der Waals surface area (Å²) in [5.74, 6) is 0. The number of azo groups is 1. The Bertz CT molecular complexity index is 512. The summed E-state index contributed by atoms with van der Waals surface area (Å²) in [6.45, 7) is 0. The summed E-state index contributed by atoms with van der Waals surface area (Å²) in [7, 11) is 0. The van der Waals surface area contributed by atoms with E-state index in [9.17, 15) is 0 Å². The molecule has 3 rings (SSSR count). The van der Waals surface area contributed by atoms with Crippen LogP contribution in [0.3, 0.4) is 0 Å². The molecular formula is C11H8N4O. The van der Waals surface area contributed by atoms with Gasteiger partial charge in [0.25, 0.3) is 0 Å². The Morgan fingerprint density at radius 1 is 1.19 bits per heavy atom. The number of rotatable bonds is 1. The van der Waals surface area contributed by atoms with Gasteiger partial charge in [0.15, 0.2) is 0 Å². The normalized spacial score (nSPS) is 18.1. The molecule has 0 bridgehead atoms. The summed E-state index contributed by atoms with van der Waals surface area (Å²) >= 11 is 0. The first-order valence-corrected chi connectivity index (χ1v) is 4.88. The van der Waals surface area contributed by atoms with Gasteiger partial charge in [-0.25, -0.2) is 0 Å². The Kier molecular flexibility index (Phi) is 2.07. The fraction of sp³-hybridized carbons (Fsp3) is 0.0909. The molecule has 1 unspecified atom stereocenters. The van der Waals surface area contributed by atoms with Gasteiger partial charge in [-0.05, 0) is 6.07 Å². The Hall–Kier alpha value is -2.30. The van der Waals surface area contributed by atoms with Crippen LogP contribution in [0.2, 0.25) is 0 Å².